The molecule has 1 saturated carbocycles. The minimum absolute atomic E-state index is 0.198. The number of hydrogen-bond donors (Lipinski definition) is 1. The summed E-state index contributed by atoms with van der Waals surface area (Å²) in [4.78, 5) is 18.0. The lowest BCUT2D eigenvalue weighted by molar-refractivity contribution is -0.117. The van der Waals surface area contributed by atoms with Crippen LogP contribution in [0.1, 0.15) is 55.8 Å². The van der Waals surface area contributed by atoms with E-state index in [-0.39, 0.29) is 5.91 Å². The van der Waals surface area contributed by atoms with Gasteiger partial charge in [0.05, 0.1) is 5.54 Å². The number of hydrogen-bond acceptors (Lipinski definition) is 5. The fourth-order valence-electron chi connectivity index (χ4n) is 3.59. The van der Waals surface area contributed by atoms with Gasteiger partial charge in [-0.25, -0.2) is 0 Å². The number of nitrogens with zero attached hydrogens (tertiary/aromatic N) is 3. The molecule has 1 aromatic carbocycles. The molecule has 0 atom stereocenters. The van der Waals surface area contributed by atoms with Crippen LogP contribution in [0.3, 0.4) is 0 Å². The monoisotopic (exact) mass is 338 g/mol. The minimum Gasteiger partial charge on any atom is -0.335 e. The maximum atomic E-state index is 11.8. The van der Waals surface area contributed by atoms with Gasteiger partial charge in [0.1, 0.15) is 0 Å². The highest BCUT2D eigenvalue weighted by Crippen LogP contribution is 2.34. The maximum absolute atomic E-state index is 11.8. The fraction of sp³-hybridized carbons (Fsp3) is 0.421. The second-order valence-corrected chi connectivity index (χ2v) is 6.89. The number of carbonyl (C=O) groups excluding carboxylic acids is 1. The Bertz CT molecular complexity index is 788. The van der Waals surface area contributed by atoms with Gasteiger partial charge in [0, 0.05) is 24.7 Å². The molecule has 0 unspecified atom stereocenters. The minimum atomic E-state index is -0.431. The maximum Gasteiger partial charge on any atom is 0.250 e. The van der Waals surface area contributed by atoms with Gasteiger partial charge >= 0.3 is 0 Å². The van der Waals surface area contributed by atoms with E-state index in [0.29, 0.717) is 18.1 Å². The summed E-state index contributed by atoms with van der Waals surface area (Å²) in [5, 5.41) is 4.05. The van der Waals surface area contributed by atoms with Crippen molar-refractivity contribution in [3.63, 3.8) is 0 Å². The van der Waals surface area contributed by atoms with Gasteiger partial charge in [-0.05, 0) is 43.0 Å². The Balaban J connectivity index is 1.45. The first kappa shape index (κ1) is 16.0. The van der Waals surface area contributed by atoms with Crippen molar-refractivity contribution in [3.05, 3.63) is 41.5 Å². The molecule has 6 heteroatoms. The van der Waals surface area contributed by atoms with Gasteiger partial charge in [-0.15, -0.1) is 0 Å². The number of aromatic nitrogens is 2. The molecule has 1 aromatic heterocycles. The summed E-state index contributed by atoms with van der Waals surface area (Å²) in [7, 11) is 0. The summed E-state index contributed by atoms with van der Waals surface area (Å²) in [6.45, 7) is 0.805. The molecular weight excluding hydrogens is 316 g/mol. The zero-order chi connectivity index (χ0) is 17.3. The topological polar surface area (TPSA) is 85.2 Å². The average molecular weight is 338 g/mol. The van der Waals surface area contributed by atoms with Gasteiger partial charge in [0.2, 0.25) is 5.91 Å². The highest BCUT2D eigenvalue weighted by molar-refractivity contribution is 5.95. The summed E-state index contributed by atoms with van der Waals surface area (Å²) in [6, 6.07) is 7.90. The number of anilines is 1. The van der Waals surface area contributed by atoms with Gasteiger partial charge < -0.3 is 15.2 Å². The fourth-order valence-corrected chi connectivity index (χ4v) is 3.59. The molecule has 1 aliphatic heterocycles. The lowest BCUT2D eigenvalue weighted by Crippen LogP contribution is -2.34. The number of carbonyl (C=O) groups is 1. The van der Waals surface area contributed by atoms with Crippen LogP contribution in [-0.2, 0) is 10.3 Å². The van der Waals surface area contributed by atoms with Gasteiger partial charge in [-0.2, -0.15) is 4.98 Å². The molecule has 2 heterocycles. The summed E-state index contributed by atoms with van der Waals surface area (Å²) >= 11 is 0. The predicted molar refractivity (Wildman–Crippen MR) is 95.6 cm³/mol. The summed E-state index contributed by atoms with van der Waals surface area (Å²) in [5.41, 5.74) is 7.88. The molecule has 6 nitrogen and oxygen atoms in total. The molecule has 2 N–H and O–H groups in total. The van der Waals surface area contributed by atoms with Crippen LogP contribution in [0.25, 0.3) is 12.2 Å². The van der Waals surface area contributed by atoms with Crippen LogP contribution < -0.4 is 10.6 Å². The third-order valence-electron chi connectivity index (χ3n) is 5.08. The Kier molecular flexibility index (Phi) is 4.13. The van der Waals surface area contributed by atoms with Crippen molar-refractivity contribution >= 4 is 23.7 Å². The van der Waals surface area contributed by atoms with Crippen LogP contribution in [0, 0.1) is 0 Å². The van der Waals surface area contributed by atoms with Crippen molar-refractivity contribution < 1.29 is 9.32 Å². The van der Waals surface area contributed by atoms with E-state index in [1.54, 1.807) is 6.08 Å². The molecule has 2 aliphatic rings. The van der Waals surface area contributed by atoms with E-state index in [9.17, 15) is 4.79 Å². The van der Waals surface area contributed by atoms with Crippen LogP contribution >= 0.6 is 0 Å². The van der Waals surface area contributed by atoms with Crippen molar-refractivity contribution in [3.8, 4) is 0 Å². The predicted octanol–water partition coefficient (Wildman–Crippen LogP) is 3.09. The van der Waals surface area contributed by atoms with E-state index in [0.717, 1.165) is 49.9 Å². The van der Waals surface area contributed by atoms with Gasteiger partial charge in [0.25, 0.3) is 5.89 Å². The number of amides is 1. The van der Waals surface area contributed by atoms with Crippen LogP contribution in [-0.4, -0.2) is 22.6 Å². The zero-order valence-corrected chi connectivity index (χ0v) is 14.1. The van der Waals surface area contributed by atoms with Crippen LogP contribution in [0.2, 0.25) is 0 Å². The lowest BCUT2D eigenvalue weighted by atomic mass is 9.99. The largest absolute Gasteiger partial charge is 0.335 e. The highest BCUT2D eigenvalue weighted by atomic mass is 16.5. The molecule has 0 spiro atoms. The van der Waals surface area contributed by atoms with E-state index in [4.69, 9.17) is 10.3 Å². The quantitative estimate of drug-likeness (QED) is 0.926. The van der Waals surface area contributed by atoms with Gasteiger partial charge in [-0.3, -0.25) is 4.79 Å². The Labute approximate surface area is 146 Å². The third kappa shape index (κ3) is 3.22. The Morgan fingerprint density at radius 1 is 1.12 bits per heavy atom. The number of benzene rings is 1. The van der Waals surface area contributed by atoms with E-state index >= 15 is 0 Å². The molecule has 130 valence electrons. The van der Waals surface area contributed by atoms with Crippen molar-refractivity contribution in [1.29, 1.82) is 0 Å². The van der Waals surface area contributed by atoms with E-state index < -0.39 is 5.54 Å². The first-order valence-electron chi connectivity index (χ1n) is 8.86. The zero-order valence-electron chi connectivity index (χ0n) is 14.1. The molecular formula is C19H22N4O2. The second-order valence-electron chi connectivity index (χ2n) is 6.89. The number of nitrogens with two attached hydrogens (primary N) is 1. The molecule has 0 radical (unpaired) electrons. The first-order chi connectivity index (χ1) is 12.1. The lowest BCUT2D eigenvalue weighted by Gasteiger charge is -2.17. The normalized spacial score (nSPS) is 20.0. The molecule has 0 bridgehead atoms. The van der Waals surface area contributed by atoms with E-state index in [2.05, 4.69) is 10.1 Å². The SMILES string of the molecule is NC1(c2noc(/C=C/c3ccc(N4CCCC4=O)cc3)n2)CCCC1. The standard InChI is InChI=1S/C19H22N4O2/c20-19(11-1-2-12-19)18-21-16(25-22-18)10-7-14-5-8-15(9-6-14)23-13-3-4-17(23)24/h5-10H,1-4,11-13,20H2/b10-7+. The van der Waals surface area contributed by atoms with Gasteiger partial charge in [0.15, 0.2) is 5.82 Å². The van der Waals surface area contributed by atoms with Crippen molar-refractivity contribution in [2.75, 3.05) is 11.4 Å². The average Bonchev–Trinajstić information content (AvgIpc) is 3.35. The Hall–Kier alpha value is -2.47. The molecule has 25 heavy (non-hydrogen) atoms. The molecule has 1 amide bonds. The highest BCUT2D eigenvalue weighted by Gasteiger charge is 2.35. The summed E-state index contributed by atoms with van der Waals surface area (Å²) in [5.74, 6) is 1.27. The molecule has 2 aromatic rings. The van der Waals surface area contributed by atoms with Crippen molar-refractivity contribution in [1.82, 2.24) is 10.1 Å². The summed E-state index contributed by atoms with van der Waals surface area (Å²) < 4.78 is 5.30. The second kappa shape index (κ2) is 6.44. The van der Waals surface area contributed by atoms with Gasteiger partial charge in [-0.1, -0.05) is 30.1 Å². The smallest absolute Gasteiger partial charge is 0.250 e. The molecule has 1 aliphatic carbocycles. The van der Waals surface area contributed by atoms with Crippen LogP contribution in [0.5, 0.6) is 0 Å². The molecule has 2 fully saturated rings. The van der Waals surface area contributed by atoms with Crippen molar-refractivity contribution in [2.45, 2.75) is 44.1 Å². The van der Waals surface area contributed by atoms with E-state index in [1.807, 2.05) is 35.2 Å². The number of rotatable bonds is 4. The molecule has 1 saturated heterocycles. The Morgan fingerprint density at radius 3 is 2.56 bits per heavy atom. The van der Waals surface area contributed by atoms with Crippen molar-refractivity contribution in [2.24, 2.45) is 5.73 Å². The molecule has 4 rings (SSSR count). The van der Waals surface area contributed by atoms with Crippen LogP contribution in [0.15, 0.2) is 28.8 Å². The first-order valence-corrected chi connectivity index (χ1v) is 8.86. The third-order valence-corrected chi connectivity index (χ3v) is 5.08. The van der Waals surface area contributed by atoms with E-state index in [1.165, 1.54) is 0 Å². The summed E-state index contributed by atoms with van der Waals surface area (Å²) in [6.07, 6.45) is 9.34. The Morgan fingerprint density at radius 2 is 1.88 bits per heavy atom. The van der Waals surface area contributed by atoms with Crippen LogP contribution in [0.4, 0.5) is 5.69 Å².